The highest BCUT2D eigenvalue weighted by Gasteiger charge is 2.35. The number of benzene rings is 2. The van der Waals surface area contributed by atoms with Crippen molar-refractivity contribution in [2.45, 2.75) is 13.2 Å². The lowest BCUT2D eigenvalue weighted by atomic mass is 9.93. The van der Waals surface area contributed by atoms with E-state index < -0.39 is 6.29 Å². The standard InChI is InChI=1S/C23H26N2O4/c1-23(14-27-13-12-26)15-28-22(29-16-23)21-24-19(17-8-4-2-5-9-17)20(25-21)18-10-6-3-7-11-18/h2-11,22,26H,12-16H2,1H3,(H,24,25)/t22-,23+. The van der Waals surface area contributed by atoms with Gasteiger partial charge >= 0.3 is 0 Å². The van der Waals surface area contributed by atoms with E-state index in [-0.39, 0.29) is 12.0 Å². The molecule has 1 aliphatic rings. The Labute approximate surface area is 170 Å². The van der Waals surface area contributed by atoms with Gasteiger partial charge in [0.1, 0.15) is 0 Å². The Morgan fingerprint density at radius 3 is 2.28 bits per heavy atom. The SMILES string of the molecule is C[C@]1(COCCO)CO[C@@H](c2nc(-c3ccccc3)c(-c3ccccc3)[nH]2)OC1. The van der Waals surface area contributed by atoms with Gasteiger partial charge in [-0.1, -0.05) is 67.6 Å². The van der Waals surface area contributed by atoms with Crippen molar-refractivity contribution in [3.05, 3.63) is 66.5 Å². The van der Waals surface area contributed by atoms with E-state index in [1.165, 1.54) is 0 Å². The summed E-state index contributed by atoms with van der Waals surface area (Å²) < 4.78 is 17.5. The van der Waals surface area contributed by atoms with Crippen molar-refractivity contribution in [2.75, 3.05) is 33.0 Å². The van der Waals surface area contributed by atoms with Crippen molar-refractivity contribution in [3.63, 3.8) is 0 Å². The molecule has 1 fully saturated rings. The van der Waals surface area contributed by atoms with Crippen molar-refractivity contribution in [1.29, 1.82) is 0 Å². The second kappa shape index (κ2) is 8.88. The second-order valence-electron chi connectivity index (χ2n) is 7.62. The number of hydrogen-bond acceptors (Lipinski definition) is 5. The molecule has 3 aromatic rings. The minimum Gasteiger partial charge on any atom is -0.394 e. The molecule has 2 aromatic carbocycles. The van der Waals surface area contributed by atoms with Crippen LogP contribution in [-0.2, 0) is 14.2 Å². The first-order chi connectivity index (χ1) is 14.2. The van der Waals surface area contributed by atoms with Gasteiger partial charge < -0.3 is 24.3 Å². The van der Waals surface area contributed by atoms with E-state index in [2.05, 4.69) is 17.1 Å². The molecule has 0 amide bonds. The number of H-pyrrole nitrogens is 1. The molecule has 1 aromatic heterocycles. The van der Waals surface area contributed by atoms with E-state index in [0.29, 0.717) is 32.3 Å². The molecule has 4 rings (SSSR count). The molecule has 6 nitrogen and oxygen atoms in total. The Kier molecular flexibility index (Phi) is 6.06. The molecule has 29 heavy (non-hydrogen) atoms. The predicted molar refractivity (Wildman–Crippen MR) is 110 cm³/mol. The van der Waals surface area contributed by atoms with Crippen LogP contribution in [0.5, 0.6) is 0 Å². The lowest BCUT2D eigenvalue weighted by molar-refractivity contribution is -0.242. The first-order valence-corrected chi connectivity index (χ1v) is 9.81. The number of aliphatic hydroxyl groups excluding tert-OH is 1. The fraction of sp³-hybridized carbons (Fsp3) is 0.348. The van der Waals surface area contributed by atoms with Gasteiger partial charge in [-0.25, -0.2) is 4.98 Å². The number of ether oxygens (including phenoxy) is 3. The number of imidazole rings is 1. The quantitative estimate of drug-likeness (QED) is 0.596. The van der Waals surface area contributed by atoms with Gasteiger partial charge in [-0.05, 0) is 0 Å². The zero-order valence-corrected chi connectivity index (χ0v) is 16.5. The van der Waals surface area contributed by atoms with Crippen LogP contribution >= 0.6 is 0 Å². The molecule has 2 heterocycles. The minimum atomic E-state index is -0.555. The Bertz CT molecular complexity index is 846. The molecular weight excluding hydrogens is 368 g/mol. The molecule has 152 valence electrons. The number of aliphatic hydroxyl groups is 1. The molecule has 0 aliphatic carbocycles. The van der Waals surface area contributed by atoms with Crippen molar-refractivity contribution < 1.29 is 19.3 Å². The smallest absolute Gasteiger partial charge is 0.217 e. The molecule has 0 saturated carbocycles. The monoisotopic (exact) mass is 394 g/mol. The van der Waals surface area contributed by atoms with Gasteiger partial charge in [0.2, 0.25) is 6.29 Å². The van der Waals surface area contributed by atoms with E-state index in [1.807, 2.05) is 55.5 Å². The number of rotatable bonds is 7. The molecule has 0 unspecified atom stereocenters. The average molecular weight is 394 g/mol. The Morgan fingerprint density at radius 1 is 1.03 bits per heavy atom. The summed E-state index contributed by atoms with van der Waals surface area (Å²) in [5.41, 5.74) is 3.66. The van der Waals surface area contributed by atoms with Crippen molar-refractivity contribution in [3.8, 4) is 22.5 Å². The molecule has 0 spiro atoms. The molecule has 0 bridgehead atoms. The zero-order valence-electron chi connectivity index (χ0n) is 16.5. The maximum atomic E-state index is 8.89. The van der Waals surface area contributed by atoms with Gasteiger partial charge in [0.25, 0.3) is 0 Å². The highest BCUT2D eigenvalue weighted by atomic mass is 16.7. The summed E-state index contributed by atoms with van der Waals surface area (Å²) in [6.45, 7) is 3.84. The molecule has 1 aliphatic heterocycles. The third-order valence-electron chi connectivity index (χ3n) is 4.91. The lowest BCUT2D eigenvalue weighted by Gasteiger charge is -2.36. The van der Waals surface area contributed by atoms with E-state index in [0.717, 1.165) is 22.5 Å². The molecule has 0 atom stereocenters. The summed E-state index contributed by atoms with van der Waals surface area (Å²) in [5.74, 6) is 0.654. The Morgan fingerprint density at radius 2 is 1.66 bits per heavy atom. The highest BCUT2D eigenvalue weighted by Crippen LogP contribution is 2.35. The van der Waals surface area contributed by atoms with Crippen molar-refractivity contribution in [2.24, 2.45) is 5.41 Å². The van der Waals surface area contributed by atoms with E-state index in [1.54, 1.807) is 0 Å². The lowest BCUT2D eigenvalue weighted by Crippen LogP contribution is -2.40. The summed E-state index contributed by atoms with van der Waals surface area (Å²) in [7, 11) is 0. The van der Waals surface area contributed by atoms with Crippen molar-refractivity contribution in [1.82, 2.24) is 9.97 Å². The third kappa shape index (κ3) is 4.57. The van der Waals surface area contributed by atoms with Crippen LogP contribution in [0.25, 0.3) is 22.5 Å². The molecule has 6 heteroatoms. The van der Waals surface area contributed by atoms with Gasteiger partial charge in [0.05, 0.1) is 44.4 Å². The molecular formula is C23H26N2O4. The van der Waals surface area contributed by atoms with Crippen LogP contribution in [-0.4, -0.2) is 48.1 Å². The van der Waals surface area contributed by atoms with Crippen LogP contribution < -0.4 is 0 Å². The highest BCUT2D eigenvalue weighted by molar-refractivity contribution is 5.78. The predicted octanol–water partition coefficient (Wildman–Crippen LogP) is 3.80. The summed E-state index contributed by atoms with van der Waals surface area (Å²) in [6.07, 6.45) is -0.555. The Hall–Kier alpha value is -2.51. The van der Waals surface area contributed by atoms with Crippen LogP contribution in [0.3, 0.4) is 0 Å². The fourth-order valence-electron chi connectivity index (χ4n) is 3.39. The largest absolute Gasteiger partial charge is 0.394 e. The summed E-state index contributed by atoms with van der Waals surface area (Å²) in [4.78, 5) is 8.25. The van der Waals surface area contributed by atoms with E-state index >= 15 is 0 Å². The maximum absolute atomic E-state index is 8.89. The van der Waals surface area contributed by atoms with Gasteiger partial charge in [0, 0.05) is 16.5 Å². The second-order valence-corrected chi connectivity index (χ2v) is 7.62. The van der Waals surface area contributed by atoms with Crippen LogP contribution in [0, 0.1) is 5.41 Å². The summed E-state index contributed by atoms with van der Waals surface area (Å²) in [5, 5.41) is 8.89. The van der Waals surface area contributed by atoms with Crippen LogP contribution in [0.1, 0.15) is 19.0 Å². The zero-order chi connectivity index (χ0) is 20.1. The Balaban J connectivity index is 1.57. The van der Waals surface area contributed by atoms with Gasteiger partial charge in [-0.3, -0.25) is 0 Å². The topological polar surface area (TPSA) is 76.6 Å². The van der Waals surface area contributed by atoms with Gasteiger partial charge in [0.15, 0.2) is 5.82 Å². The summed E-state index contributed by atoms with van der Waals surface area (Å²) in [6, 6.07) is 20.2. The number of nitrogens with zero attached hydrogens (tertiary/aromatic N) is 1. The number of aromatic nitrogens is 2. The van der Waals surface area contributed by atoms with Gasteiger partial charge in [-0.15, -0.1) is 0 Å². The van der Waals surface area contributed by atoms with Crippen molar-refractivity contribution >= 4 is 0 Å². The molecule has 1 saturated heterocycles. The van der Waals surface area contributed by atoms with Crippen LogP contribution in [0.15, 0.2) is 60.7 Å². The number of aromatic amines is 1. The molecule has 0 radical (unpaired) electrons. The molecule has 2 N–H and O–H groups in total. The number of hydrogen-bond donors (Lipinski definition) is 2. The first-order valence-electron chi connectivity index (χ1n) is 9.81. The van der Waals surface area contributed by atoms with E-state index in [9.17, 15) is 0 Å². The van der Waals surface area contributed by atoms with Gasteiger partial charge in [-0.2, -0.15) is 0 Å². The summed E-state index contributed by atoms with van der Waals surface area (Å²) >= 11 is 0. The fourth-order valence-corrected chi connectivity index (χ4v) is 3.39. The number of nitrogens with one attached hydrogen (secondary N) is 1. The van der Waals surface area contributed by atoms with E-state index in [4.69, 9.17) is 24.3 Å². The first kappa shape index (κ1) is 19.8. The third-order valence-corrected chi connectivity index (χ3v) is 4.91. The maximum Gasteiger partial charge on any atom is 0.217 e. The van der Waals surface area contributed by atoms with Crippen LogP contribution in [0.2, 0.25) is 0 Å². The minimum absolute atomic E-state index is 0.0113. The normalized spacial score (nSPS) is 21.9. The average Bonchev–Trinajstić information content (AvgIpc) is 3.21. The van der Waals surface area contributed by atoms with Crippen LogP contribution in [0.4, 0.5) is 0 Å².